The second-order valence-electron chi connectivity index (χ2n) is 5.81. The molecule has 27 heavy (non-hydrogen) atoms. The summed E-state index contributed by atoms with van der Waals surface area (Å²) < 4.78 is 10.6. The van der Waals surface area contributed by atoms with Crippen molar-refractivity contribution in [2.24, 2.45) is 5.73 Å². The number of benzene rings is 1. The third kappa shape index (κ3) is 3.90. The molecule has 1 aromatic heterocycles. The molecule has 1 atom stereocenters. The van der Waals surface area contributed by atoms with Gasteiger partial charge in [0, 0.05) is 12.3 Å². The molecule has 1 aliphatic rings. The molecule has 0 spiro atoms. The molecule has 0 saturated heterocycles. The number of rotatable bonds is 6. The lowest BCUT2D eigenvalue weighted by Crippen LogP contribution is -2.31. The van der Waals surface area contributed by atoms with Gasteiger partial charge < -0.3 is 25.5 Å². The number of nitrogens with two attached hydrogens (primary N) is 1. The average molecular weight is 390 g/mol. The minimum atomic E-state index is -0.610. The van der Waals surface area contributed by atoms with Crippen molar-refractivity contribution in [3.63, 3.8) is 0 Å². The van der Waals surface area contributed by atoms with Crippen LogP contribution in [-0.4, -0.2) is 41.8 Å². The van der Waals surface area contributed by atoms with Crippen molar-refractivity contribution in [1.29, 1.82) is 0 Å². The van der Waals surface area contributed by atoms with E-state index >= 15 is 0 Å². The number of fused-ring (bicyclic) bond motifs is 1. The summed E-state index contributed by atoms with van der Waals surface area (Å²) in [5.74, 6) is -0.360. The lowest BCUT2D eigenvalue weighted by molar-refractivity contribution is -0.120. The Labute approximate surface area is 158 Å². The van der Waals surface area contributed by atoms with Gasteiger partial charge in [0.1, 0.15) is 5.82 Å². The number of primary amides is 1. The van der Waals surface area contributed by atoms with E-state index in [1.807, 2.05) is 0 Å². The molecule has 1 aliphatic heterocycles. The highest BCUT2D eigenvalue weighted by Crippen LogP contribution is 2.38. The first-order valence-corrected chi connectivity index (χ1v) is 9.22. The van der Waals surface area contributed by atoms with E-state index in [1.54, 1.807) is 24.5 Å². The zero-order valence-corrected chi connectivity index (χ0v) is 15.5. The summed E-state index contributed by atoms with van der Waals surface area (Å²) in [7, 11) is 1.46. The number of methoxy groups -OCH3 is 1. The van der Waals surface area contributed by atoms with Gasteiger partial charge in [0.2, 0.25) is 5.91 Å². The molecule has 4 N–H and O–H groups in total. The van der Waals surface area contributed by atoms with Crippen molar-refractivity contribution >= 4 is 29.4 Å². The first-order valence-electron chi connectivity index (χ1n) is 8.00. The highest BCUT2D eigenvalue weighted by molar-refractivity contribution is 7.98. The second kappa shape index (κ2) is 7.70. The number of aromatic amines is 1. The van der Waals surface area contributed by atoms with Crippen LogP contribution in [0, 0.1) is 0 Å². The van der Waals surface area contributed by atoms with Gasteiger partial charge in [-0.05, 0) is 24.0 Å². The molecular weight excluding hydrogens is 372 g/mol. The largest absolute Gasteiger partial charge is 0.493 e. The Kier molecular flexibility index (Phi) is 5.36. The summed E-state index contributed by atoms with van der Waals surface area (Å²) in [6.45, 7) is -0.286. The number of anilines is 1. The van der Waals surface area contributed by atoms with Crippen LogP contribution in [0.1, 0.15) is 23.5 Å². The van der Waals surface area contributed by atoms with Crippen LogP contribution in [0.2, 0.25) is 0 Å². The number of thioether (sulfide) groups is 1. The summed E-state index contributed by atoms with van der Waals surface area (Å²) in [6, 6.07) is 5.00. The number of carbonyl (C=O) groups is 2. The maximum Gasteiger partial charge on any atom is 0.257 e. The first-order chi connectivity index (χ1) is 12.9. The predicted octanol–water partition coefficient (Wildman–Crippen LogP) is 0.839. The molecule has 1 aromatic carbocycles. The number of H-pyrrole nitrogens is 1. The molecule has 10 heteroatoms. The normalized spacial score (nSPS) is 15.6. The Hall–Kier alpha value is -3.01. The van der Waals surface area contributed by atoms with Crippen LogP contribution in [0.25, 0.3) is 0 Å². The summed E-state index contributed by atoms with van der Waals surface area (Å²) in [5.41, 5.74) is 5.87. The molecule has 2 amide bonds. The van der Waals surface area contributed by atoms with Crippen LogP contribution >= 0.6 is 11.8 Å². The number of nitrogens with zero attached hydrogens (tertiary/aromatic N) is 1. The molecule has 1 unspecified atom stereocenters. The Balaban J connectivity index is 2.03. The summed E-state index contributed by atoms with van der Waals surface area (Å²) >= 11 is 1.28. The fraction of sp³-hybridized carbons (Fsp3) is 0.294. The quantitative estimate of drug-likeness (QED) is 0.491. The number of amides is 2. The zero-order chi connectivity index (χ0) is 19.6. The topological polar surface area (TPSA) is 136 Å². The zero-order valence-electron chi connectivity index (χ0n) is 14.7. The molecule has 9 nitrogen and oxygen atoms in total. The molecule has 142 valence electrons. The second-order valence-corrected chi connectivity index (χ2v) is 6.60. The molecular formula is C17H18N4O5S. The SMILES string of the molecule is COc1cc(C2CC(=O)Nc3nc(SC)[nH]c(=O)c32)ccc1OCC(N)=O. The third-order valence-electron chi connectivity index (χ3n) is 4.08. The van der Waals surface area contributed by atoms with E-state index in [1.165, 1.54) is 18.9 Å². The van der Waals surface area contributed by atoms with E-state index in [0.717, 1.165) is 0 Å². The van der Waals surface area contributed by atoms with Gasteiger partial charge in [0.25, 0.3) is 11.5 Å². The van der Waals surface area contributed by atoms with Gasteiger partial charge in [0.05, 0.1) is 12.7 Å². The number of hydrogen-bond donors (Lipinski definition) is 3. The minimum absolute atomic E-state index is 0.0982. The Bertz CT molecular complexity index is 959. The van der Waals surface area contributed by atoms with E-state index in [-0.39, 0.29) is 30.3 Å². The van der Waals surface area contributed by atoms with Crippen molar-refractivity contribution in [3.05, 3.63) is 39.7 Å². The van der Waals surface area contributed by atoms with E-state index in [9.17, 15) is 14.4 Å². The number of aromatic nitrogens is 2. The van der Waals surface area contributed by atoms with Gasteiger partial charge in [0.15, 0.2) is 23.3 Å². The number of nitrogens with one attached hydrogen (secondary N) is 2. The Morgan fingerprint density at radius 1 is 1.37 bits per heavy atom. The van der Waals surface area contributed by atoms with Gasteiger partial charge in [-0.3, -0.25) is 14.4 Å². The van der Waals surface area contributed by atoms with Crippen molar-refractivity contribution in [1.82, 2.24) is 9.97 Å². The summed E-state index contributed by atoms with van der Waals surface area (Å²) in [4.78, 5) is 42.6. The summed E-state index contributed by atoms with van der Waals surface area (Å²) in [6.07, 6.45) is 1.88. The van der Waals surface area contributed by atoms with Gasteiger partial charge in [-0.1, -0.05) is 17.8 Å². The van der Waals surface area contributed by atoms with Crippen LogP contribution in [0.4, 0.5) is 5.82 Å². The Morgan fingerprint density at radius 2 is 2.15 bits per heavy atom. The lowest BCUT2D eigenvalue weighted by atomic mass is 9.86. The van der Waals surface area contributed by atoms with E-state index in [2.05, 4.69) is 15.3 Å². The van der Waals surface area contributed by atoms with Crippen LogP contribution in [0.3, 0.4) is 0 Å². The molecule has 2 heterocycles. The molecule has 0 aliphatic carbocycles. The predicted molar refractivity (Wildman–Crippen MR) is 99.4 cm³/mol. The maximum atomic E-state index is 12.6. The third-order valence-corrected chi connectivity index (χ3v) is 4.66. The van der Waals surface area contributed by atoms with Crippen LogP contribution in [-0.2, 0) is 9.59 Å². The molecule has 3 rings (SSSR count). The van der Waals surface area contributed by atoms with Crippen LogP contribution < -0.4 is 26.1 Å². The smallest absolute Gasteiger partial charge is 0.257 e. The van der Waals surface area contributed by atoms with Crippen LogP contribution in [0.5, 0.6) is 11.5 Å². The van der Waals surface area contributed by atoms with E-state index in [4.69, 9.17) is 15.2 Å². The molecule has 0 fully saturated rings. The molecule has 0 radical (unpaired) electrons. The molecule has 0 saturated carbocycles. The monoisotopic (exact) mass is 390 g/mol. The molecule has 0 bridgehead atoms. The van der Waals surface area contributed by atoms with Crippen LogP contribution in [0.15, 0.2) is 28.2 Å². The van der Waals surface area contributed by atoms with E-state index in [0.29, 0.717) is 27.8 Å². The fourth-order valence-electron chi connectivity index (χ4n) is 2.90. The minimum Gasteiger partial charge on any atom is -0.493 e. The lowest BCUT2D eigenvalue weighted by Gasteiger charge is -2.25. The van der Waals surface area contributed by atoms with Gasteiger partial charge >= 0.3 is 0 Å². The van der Waals surface area contributed by atoms with Crippen molar-refractivity contribution in [2.75, 3.05) is 25.3 Å². The van der Waals surface area contributed by atoms with Crippen molar-refractivity contribution < 1.29 is 19.1 Å². The highest BCUT2D eigenvalue weighted by Gasteiger charge is 2.31. The molecule has 2 aromatic rings. The first kappa shape index (κ1) is 18.8. The maximum absolute atomic E-state index is 12.6. The summed E-state index contributed by atoms with van der Waals surface area (Å²) in [5, 5.41) is 3.08. The average Bonchev–Trinajstić information content (AvgIpc) is 2.64. The van der Waals surface area contributed by atoms with Crippen molar-refractivity contribution in [2.45, 2.75) is 17.5 Å². The van der Waals surface area contributed by atoms with Gasteiger partial charge in [-0.15, -0.1) is 0 Å². The number of ether oxygens (including phenoxy) is 2. The van der Waals surface area contributed by atoms with E-state index < -0.39 is 11.8 Å². The number of hydrogen-bond acceptors (Lipinski definition) is 7. The van der Waals surface area contributed by atoms with Gasteiger partial charge in [-0.2, -0.15) is 0 Å². The highest BCUT2D eigenvalue weighted by atomic mass is 32.2. The fourth-order valence-corrected chi connectivity index (χ4v) is 3.28. The standard InChI is InChI=1S/C17H18N4O5S/c1-25-11-5-8(3-4-10(11)26-7-12(18)22)9-6-13(23)19-15-14(9)16(24)21-17(20-15)27-2/h3-5,9H,6-7H2,1-2H3,(H2,18,22)(H2,19,20,21,23,24). The number of carbonyl (C=O) groups excluding carboxylic acids is 2. The Morgan fingerprint density at radius 3 is 2.81 bits per heavy atom. The van der Waals surface area contributed by atoms with Crippen molar-refractivity contribution in [3.8, 4) is 11.5 Å². The van der Waals surface area contributed by atoms with Gasteiger partial charge in [-0.25, -0.2) is 4.98 Å².